The Kier molecular flexibility index (Phi) is 7.22. The highest BCUT2D eigenvalue weighted by molar-refractivity contribution is 6.24. The average molecular weight is 700 g/mol. The van der Waals surface area contributed by atoms with Crippen LogP contribution in [0.1, 0.15) is 6.92 Å². The van der Waals surface area contributed by atoms with Gasteiger partial charge in [-0.2, -0.15) is 0 Å². The first-order chi connectivity index (χ1) is 27.3. The minimum absolute atomic E-state index is 0.897. The molecule has 55 heavy (non-hydrogen) atoms. The zero-order chi connectivity index (χ0) is 36.5. The smallest absolute Gasteiger partial charge is 0.0491 e. The molecule has 0 radical (unpaired) electrons. The molecule has 11 aromatic rings. The molecule has 258 valence electrons. The van der Waals surface area contributed by atoms with Crippen molar-refractivity contribution in [3.8, 4) is 44.5 Å². The quantitative estimate of drug-likeness (QED) is 0.158. The van der Waals surface area contributed by atoms with Gasteiger partial charge in [0.15, 0.2) is 0 Å². The van der Waals surface area contributed by atoms with Crippen LogP contribution in [0.25, 0.3) is 109 Å². The second kappa shape index (κ2) is 12.6. The van der Waals surface area contributed by atoms with E-state index < -0.39 is 0 Å². The lowest BCUT2D eigenvalue weighted by atomic mass is 9.85. The Morgan fingerprint density at radius 3 is 0.836 bits per heavy atom. The van der Waals surface area contributed by atoms with Gasteiger partial charge in [0, 0.05) is 28.4 Å². The normalized spacial score (nSPS) is 11.8. The van der Waals surface area contributed by atoms with Crippen LogP contribution in [-0.2, 0) is 6.54 Å². The molecule has 0 aliphatic rings. The standard InChI is InChI=1S/C54H37N/c1-2-55-49-31-29-37(53-43-25-13-9-21-39(43)51(35-17-5-3-6-18-35)40-22-10-14-26-44(40)53)33-47(49)48-34-38(30-32-50(48)55)54-45-27-15-11-23-41(45)52(36-19-7-4-8-20-36)42-24-12-16-28-46(42)54/h3-34H,2H2,1H3. The summed E-state index contributed by atoms with van der Waals surface area (Å²) < 4.78 is 2.47. The van der Waals surface area contributed by atoms with Gasteiger partial charge in [-0.05, 0) is 119 Å². The molecule has 0 saturated carbocycles. The zero-order valence-electron chi connectivity index (χ0n) is 30.6. The maximum Gasteiger partial charge on any atom is 0.0491 e. The van der Waals surface area contributed by atoms with Crippen LogP contribution in [0.5, 0.6) is 0 Å². The topological polar surface area (TPSA) is 4.93 Å². The summed E-state index contributed by atoms with van der Waals surface area (Å²) in [5, 5.41) is 12.8. The summed E-state index contributed by atoms with van der Waals surface area (Å²) in [7, 11) is 0. The van der Waals surface area contributed by atoms with Crippen molar-refractivity contribution in [2.24, 2.45) is 0 Å². The maximum atomic E-state index is 2.47. The Bertz CT molecular complexity index is 2940. The van der Waals surface area contributed by atoms with Gasteiger partial charge in [-0.3, -0.25) is 0 Å². The molecule has 11 rings (SSSR count). The van der Waals surface area contributed by atoms with E-state index >= 15 is 0 Å². The number of aromatic nitrogens is 1. The van der Waals surface area contributed by atoms with Gasteiger partial charge in [-0.25, -0.2) is 0 Å². The van der Waals surface area contributed by atoms with Crippen LogP contribution in [0, 0.1) is 0 Å². The van der Waals surface area contributed by atoms with Gasteiger partial charge in [-0.15, -0.1) is 0 Å². The fourth-order valence-corrected chi connectivity index (χ4v) is 9.47. The van der Waals surface area contributed by atoms with Gasteiger partial charge in [0.25, 0.3) is 0 Å². The van der Waals surface area contributed by atoms with E-state index in [4.69, 9.17) is 0 Å². The van der Waals surface area contributed by atoms with Gasteiger partial charge < -0.3 is 4.57 Å². The Balaban J connectivity index is 1.19. The number of fused-ring (bicyclic) bond motifs is 7. The van der Waals surface area contributed by atoms with Crippen molar-refractivity contribution in [1.29, 1.82) is 0 Å². The van der Waals surface area contributed by atoms with Gasteiger partial charge >= 0.3 is 0 Å². The molecule has 0 bridgehead atoms. The lowest BCUT2D eigenvalue weighted by Crippen LogP contribution is -1.93. The first-order valence-corrected chi connectivity index (χ1v) is 19.3. The molecular weight excluding hydrogens is 663 g/mol. The molecule has 1 heteroatoms. The van der Waals surface area contributed by atoms with Crippen molar-refractivity contribution >= 4 is 64.9 Å². The van der Waals surface area contributed by atoms with Crippen LogP contribution >= 0.6 is 0 Å². The molecule has 1 heterocycles. The van der Waals surface area contributed by atoms with Crippen molar-refractivity contribution in [2.45, 2.75) is 13.5 Å². The minimum Gasteiger partial charge on any atom is -0.341 e. The lowest BCUT2D eigenvalue weighted by molar-refractivity contribution is 0.827. The molecule has 0 spiro atoms. The molecule has 0 N–H and O–H groups in total. The molecule has 0 aliphatic heterocycles. The highest BCUT2D eigenvalue weighted by Gasteiger charge is 2.20. The summed E-state index contributed by atoms with van der Waals surface area (Å²) in [5.74, 6) is 0. The van der Waals surface area contributed by atoms with Crippen LogP contribution in [0.2, 0.25) is 0 Å². The predicted molar refractivity (Wildman–Crippen MR) is 237 cm³/mol. The summed E-state index contributed by atoms with van der Waals surface area (Å²) >= 11 is 0. The number of nitrogens with zero attached hydrogens (tertiary/aromatic N) is 1. The summed E-state index contributed by atoms with van der Waals surface area (Å²) in [6, 6.07) is 71.8. The molecule has 0 unspecified atom stereocenters. The highest BCUT2D eigenvalue weighted by atomic mass is 15.0. The van der Waals surface area contributed by atoms with Gasteiger partial charge in [0.1, 0.15) is 0 Å². The molecule has 0 atom stereocenters. The van der Waals surface area contributed by atoms with Crippen LogP contribution in [0.4, 0.5) is 0 Å². The van der Waals surface area contributed by atoms with E-state index in [0.29, 0.717) is 0 Å². The minimum atomic E-state index is 0.897. The second-order valence-corrected chi connectivity index (χ2v) is 14.6. The highest BCUT2D eigenvalue weighted by Crippen LogP contribution is 2.47. The van der Waals surface area contributed by atoms with E-state index in [1.54, 1.807) is 0 Å². The third-order valence-electron chi connectivity index (χ3n) is 11.7. The maximum absolute atomic E-state index is 2.47. The summed E-state index contributed by atoms with van der Waals surface area (Å²) in [5.41, 5.74) is 12.7. The van der Waals surface area contributed by atoms with Crippen molar-refractivity contribution in [2.75, 3.05) is 0 Å². The Hall–Kier alpha value is -6.96. The predicted octanol–water partition coefficient (Wildman–Crippen LogP) is 15.1. The van der Waals surface area contributed by atoms with Crippen molar-refractivity contribution in [3.63, 3.8) is 0 Å². The summed E-state index contributed by atoms with van der Waals surface area (Å²) in [6.07, 6.45) is 0. The van der Waals surface area contributed by atoms with Gasteiger partial charge in [0.05, 0.1) is 0 Å². The van der Waals surface area contributed by atoms with E-state index in [1.807, 2.05) is 0 Å². The average Bonchev–Trinajstić information content (AvgIpc) is 3.57. The first-order valence-electron chi connectivity index (χ1n) is 19.3. The van der Waals surface area contributed by atoms with Crippen molar-refractivity contribution < 1.29 is 0 Å². The molecule has 0 fully saturated rings. The van der Waals surface area contributed by atoms with Gasteiger partial charge in [0.2, 0.25) is 0 Å². The third kappa shape index (κ3) is 4.80. The summed E-state index contributed by atoms with van der Waals surface area (Å²) in [4.78, 5) is 0. The first kappa shape index (κ1) is 31.6. The Morgan fingerprint density at radius 1 is 0.273 bits per heavy atom. The van der Waals surface area contributed by atoms with Crippen LogP contribution in [0.15, 0.2) is 194 Å². The van der Waals surface area contributed by atoms with Crippen LogP contribution < -0.4 is 0 Å². The second-order valence-electron chi connectivity index (χ2n) is 14.6. The SMILES string of the molecule is CCn1c2ccc(-c3c4ccccc4c(-c4ccccc4)c4ccccc34)cc2c2cc(-c3c4ccccc4c(-c4ccccc4)c4ccccc34)ccc21. The molecule has 0 amide bonds. The molecular formula is C54H37N. The monoisotopic (exact) mass is 699 g/mol. The van der Waals surface area contributed by atoms with E-state index in [0.717, 1.165) is 6.54 Å². The van der Waals surface area contributed by atoms with E-state index in [9.17, 15) is 0 Å². The number of hydrogen-bond donors (Lipinski definition) is 0. The molecule has 0 saturated heterocycles. The zero-order valence-corrected chi connectivity index (χ0v) is 30.6. The number of benzene rings is 10. The molecule has 1 nitrogen and oxygen atoms in total. The van der Waals surface area contributed by atoms with E-state index in [1.165, 1.54) is 109 Å². The largest absolute Gasteiger partial charge is 0.341 e. The van der Waals surface area contributed by atoms with Crippen LogP contribution in [0.3, 0.4) is 0 Å². The van der Waals surface area contributed by atoms with Crippen LogP contribution in [-0.4, -0.2) is 4.57 Å². The van der Waals surface area contributed by atoms with Gasteiger partial charge in [-0.1, -0.05) is 170 Å². The summed E-state index contributed by atoms with van der Waals surface area (Å²) in [6.45, 7) is 3.15. The number of rotatable bonds is 5. The van der Waals surface area contributed by atoms with Crippen molar-refractivity contribution in [3.05, 3.63) is 194 Å². The van der Waals surface area contributed by atoms with E-state index in [-0.39, 0.29) is 0 Å². The fraction of sp³-hybridized carbons (Fsp3) is 0.0370. The fourth-order valence-electron chi connectivity index (χ4n) is 9.47. The molecule has 0 aliphatic carbocycles. The van der Waals surface area contributed by atoms with E-state index in [2.05, 4.69) is 206 Å². The molecule has 1 aromatic heterocycles. The Morgan fingerprint density at radius 2 is 0.545 bits per heavy atom. The van der Waals surface area contributed by atoms with Crippen molar-refractivity contribution in [1.82, 2.24) is 4.57 Å². The number of aryl methyl sites for hydroxylation is 1. The number of hydrogen-bond acceptors (Lipinski definition) is 0. The lowest BCUT2D eigenvalue weighted by Gasteiger charge is -2.18. The molecule has 10 aromatic carbocycles. The Labute approximate surface area is 320 Å². The third-order valence-corrected chi connectivity index (χ3v) is 11.7.